The van der Waals surface area contributed by atoms with E-state index in [9.17, 15) is 18.3 Å². The lowest BCUT2D eigenvalue weighted by atomic mass is 10.1. The van der Waals surface area contributed by atoms with Crippen LogP contribution in [0, 0.1) is 5.92 Å². The normalized spacial score (nSPS) is 12.0. The Morgan fingerprint density at radius 3 is 2.57 bits per heavy atom. The van der Waals surface area contributed by atoms with E-state index in [1.165, 1.54) is 30.5 Å². The van der Waals surface area contributed by atoms with Gasteiger partial charge >= 0.3 is 6.16 Å². The lowest BCUT2D eigenvalue weighted by Crippen LogP contribution is -2.14. The zero-order valence-corrected chi connectivity index (χ0v) is 17.1. The predicted molar refractivity (Wildman–Crippen MR) is 112 cm³/mol. The second kappa shape index (κ2) is 8.56. The van der Waals surface area contributed by atoms with Crippen LogP contribution in [0.15, 0.2) is 52.4 Å². The second-order valence-electron chi connectivity index (χ2n) is 6.95. The summed E-state index contributed by atoms with van der Waals surface area (Å²) < 4.78 is 32.8. The Kier molecular flexibility index (Phi) is 6.09. The van der Waals surface area contributed by atoms with E-state index in [0.717, 1.165) is 0 Å². The number of aromatic amines is 1. The highest BCUT2D eigenvalue weighted by Gasteiger charge is 2.13. The number of nitrogens with two attached hydrogens (primary N) is 1. The average molecular weight is 431 g/mol. The number of sulfonamides is 1. The predicted octanol–water partition coefficient (Wildman–Crippen LogP) is 3.44. The molecule has 0 aliphatic heterocycles. The molecule has 0 saturated carbocycles. The lowest BCUT2D eigenvalue weighted by molar-refractivity contribution is 0.0886. The molecule has 0 radical (unpaired) electrons. The number of aromatic hydroxyl groups is 1. The van der Waals surface area contributed by atoms with Crippen LogP contribution in [-0.4, -0.2) is 37.5 Å². The first-order valence-corrected chi connectivity index (χ1v) is 10.5. The summed E-state index contributed by atoms with van der Waals surface area (Å²) in [5.74, 6) is 0.320. The van der Waals surface area contributed by atoms with Crippen molar-refractivity contribution in [1.29, 1.82) is 0 Å². The molecule has 10 heteroatoms. The fraction of sp³-hybridized carbons (Fsp3) is 0.200. The first kappa shape index (κ1) is 21.3. The summed E-state index contributed by atoms with van der Waals surface area (Å²) in [6.07, 6.45) is 0.606. The molecule has 3 aromatic rings. The minimum Gasteiger partial charge on any atom is -0.494 e. The Bertz CT molecular complexity index is 1200. The molecule has 0 atom stereocenters. The van der Waals surface area contributed by atoms with Gasteiger partial charge in [0.25, 0.3) is 0 Å². The summed E-state index contributed by atoms with van der Waals surface area (Å²) >= 11 is 0. The van der Waals surface area contributed by atoms with Crippen LogP contribution >= 0.6 is 0 Å². The van der Waals surface area contributed by atoms with Crippen LogP contribution in [0.25, 0.3) is 10.9 Å². The first-order chi connectivity index (χ1) is 14.1. The number of primary sulfonamides is 1. The number of fused-ring (bicyclic) bond motifs is 1. The molecule has 0 unspecified atom stereocenters. The highest BCUT2D eigenvalue weighted by atomic mass is 32.2. The van der Waals surface area contributed by atoms with Crippen LogP contribution < -0.4 is 9.88 Å². The van der Waals surface area contributed by atoms with E-state index in [0.29, 0.717) is 22.2 Å². The van der Waals surface area contributed by atoms with Crippen LogP contribution in [0.2, 0.25) is 0 Å². The maximum Gasteiger partial charge on any atom is 0.513 e. The van der Waals surface area contributed by atoms with Crippen molar-refractivity contribution in [1.82, 2.24) is 4.98 Å². The number of carbonyl (C=O) groups is 1. The van der Waals surface area contributed by atoms with Crippen LogP contribution in [-0.2, 0) is 14.8 Å². The number of H-pyrrole nitrogens is 1. The number of hydrogen-bond acceptors (Lipinski definition) is 7. The fourth-order valence-electron chi connectivity index (χ4n) is 2.59. The fourth-order valence-corrected chi connectivity index (χ4v) is 3.11. The molecule has 30 heavy (non-hydrogen) atoms. The molecule has 1 aromatic heterocycles. The summed E-state index contributed by atoms with van der Waals surface area (Å²) in [6.45, 7) is 4.07. The van der Waals surface area contributed by atoms with Crippen molar-refractivity contribution in [3.8, 4) is 11.6 Å². The molecule has 0 aliphatic rings. The molecular formula is C20H21N3O6S. The summed E-state index contributed by atoms with van der Waals surface area (Å²) in [5.41, 5.74) is 1.45. The van der Waals surface area contributed by atoms with Gasteiger partial charge in [0.15, 0.2) is 5.88 Å². The van der Waals surface area contributed by atoms with Crippen LogP contribution in [0.3, 0.4) is 0 Å². The highest BCUT2D eigenvalue weighted by molar-refractivity contribution is 7.89. The Morgan fingerprint density at radius 2 is 1.93 bits per heavy atom. The van der Waals surface area contributed by atoms with Gasteiger partial charge in [0.05, 0.1) is 22.8 Å². The Balaban J connectivity index is 1.84. The smallest absolute Gasteiger partial charge is 0.494 e. The molecule has 0 saturated heterocycles. The zero-order chi connectivity index (χ0) is 21.9. The molecule has 0 amide bonds. The molecule has 3 rings (SSSR count). The van der Waals surface area contributed by atoms with Gasteiger partial charge in [0, 0.05) is 17.1 Å². The number of nitrogens with one attached hydrogen (secondary N) is 1. The SMILES string of the molecule is CC(C)COC(=O)Oc1ccc2[nH]c(O)c(C=Nc3ccc(S(N)(=O)=O)cc3)c2c1. The van der Waals surface area contributed by atoms with E-state index in [1.807, 2.05) is 13.8 Å². The monoisotopic (exact) mass is 431 g/mol. The van der Waals surface area contributed by atoms with E-state index in [2.05, 4.69) is 9.98 Å². The van der Waals surface area contributed by atoms with Gasteiger partial charge in [-0.2, -0.15) is 0 Å². The minimum atomic E-state index is -3.79. The Hall–Kier alpha value is -3.37. The molecule has 2 aromatic carbocycles. The number of rotatable bonds is 6. The van der Waals surface area contributed by atoms with Gasteiger partial charge in [-0.1, -0.05) is 13.8 Å². The summed E-state index contributed by atoms with van der Waals surface area (Å²) in [6, 6.07) is 10.5. The molecule has 0 spiro atoms. The Morgan fingerprint density at radius 1 is 1.23 bits per heavy atom. The van der Waals surface area contributed by atoms with Gasteiger partial charge in [-0.15, -0.1) is 0 Å². The minimum absolute atomic E-state index is 0.0254. The van der Waals surface area contributed by atoms with Gasteiger partial charge in [-0.3, -0.25) is 4.99 Å². The maximum absolute atomic E-state index is 11.8. The van der Waals surface area contributed by atoms with Crippen molar-refractivity contribution in [2.45, 2.75) is 18.7 Å². The van der Waals surface area contributed by atoms with Crippen LogP contribution in [0.1, 0.15) is 19.4 Å². The van der Waals surface area contributed by atoms with Gasteiger partial charge in [0.1, 0.15) is 5.75 Å². The van der Waals surface area contributed by atoms with Crippen molar-refractivity contribution in [2.75, 3.05) is 6.61 Å². The van der Waals surface area contributed by atoms with E-state index in [-0.39, 0.29) is 29.0 Å². The number of carbonyl (C=O) groups excluding carboxylic acids is 1. The first-order valence-electron chi connectivity index (χ1n) is 8.99. The molecule has 158 valence electrons. The quantitative estimate of drug-likeness (QED) is 0.310. The van der Waals surface area contributed by atoms with E-state index in [1.54, 1.807) is 18.2 Å². The van der Waals surface area contributed by atoms with E-state index >= 15 is 0 Å². The standard InChI is InChI=1S/C20H21N3O6S/c1-12(2)11-28-20(25)29-14-5-8-18-16(9-14)17(19(24)23-18)10-22-13-3-6-15(7-4-13)30(21,26)27/h3-10,12,23-24H,11H2,1-2H3,(H2,21,26,27). The van der Waals surface area contributed by atoms with Crippen molar-refractivity contribution in [3.05, 3.63) is 48.0 Å². The van der Waals surface area contributed by atoms with Crippen LogP contribution in [0.5, 0.6) is 11.6 Å². The van der Waals surface area contributed by atoms with E-state index < -0.39 is 16.2 Å². The third-order valence-corrected chi connectivity index (χ3v) is 4.96. The number of benzene rings is 2. The second-order valence-corrected chi connectivity index (χ2v) is 8.51. The highest BCUT2D eigenvalue weighted by Crippen LogP contribution is 2.30. The summed E-state index contributed by atoms with van der Waals surface area (Å²) in [7, 11) is -3.79. The molecule has 0 bridgehead atoms. The number of aliphatic imine (C=N–C) groups is 1. The van der Waals surface area contributed by atoms with Crippen molar-refractivity contribution in [3.63, 3.8) is 0 Å². The molecule has 0 aliphatic carbocycles. The topological polar surface area (TPSA) is 144 Å². The average Bonchev–Trinajstić information content (AvgIpc) is 2.99. The zero-order valence-electron chi connectivity index (χ0n) is 16.3. The number of ether oxygens (including phenoxy) is 2. The van der Waals surface area contributed by atoms with Gasteiger partial charge in [-0.25, -0.2) is 18.4 Å². The summed E-state index contributed by atoms with van der Waals surface area (Å²) in [5, 5.41) is 15.9. The summed E-state index contributed by atoms with van der Waals surface area (Å²) in [4.78, 5) is 18.8. The van der Waals surface area contributed by atoms with Crippen molar-refractivity contribution < 1.29 is 27.8 Å². The Labute approximate surface area is 173 Å². The van der Waals surface area contributed by atoms with Gasteiger partial charge in [0.2, 0.25) is 10.0 Å². The molecule has 1 heterocycles. The number of nitrogens with zero attached hydrogens (tertiary/aromatic N) is 1. The largest absolute Gasteiger partial charge is 0.513 e. The van der Waals surface area contributed by atoms with Gasteiger partial charge < -0.3 is 19.6 Å². The van der Waals surface area contributed by atoms with Crippen molar-refractivity contribution in [2.24, 2.45) is 16.0 Å². The van der Waals surface area contributed by atoms with Crippen molar-refractivity contribution >= 4 is 39.0 Å². The van der Waals surface area contributed by atoms with E-state index in [4.69, 9.17) is 14.6 Å². The van der Waals surface area contributed by atoms with Crippen LogP contribution in [0.4, 0.5) is 10.5 Å². The molecule has 9 nitrogen and oxygen atoms in total. The third-order valence-electron chi connectivity index (χ3n) is 4.03. The maximum atomic E-state index is 11.8. The molecular weight excluding hydrogens is 410 g/mol. The number of hydrogen-bond donors (Lipinski definition) is 3. The lowest BCUT2D eigenvalue weighted by Gasteiger charge is -2.07. The number of aromatic nitrogens is 1. The third kappa shape index (κ3) is 5.16. The van der Waals surface area contributed by atoms with Gasteiger partial charge in [-0.05, 0) is 48.4 Å². The molecule has 0 fully saturated rings. The molecule has 4 N–H and O–H groups in total.